The Kier molecular flexibility index (Phi) is 52.4. The number of nitrogens with one attached hydrogen (secondary N) is 15. The second kappa shape index (κ2) is 60.2. The predicted octanol–water partition coefficient (Wildman–Crippen LogP) is -9.97. The zero-order valence-corrected chi connectivity index (χ0v) is 74.0. The molecule has 0 unspecified atom stereocenters. The molecule has 127 heavy (non-hydrogen) atoms. The third kappa shape index (κ3) is 40.5. The van der Waals surface area contributed by atoms with E-state index in [0.29, 0.717) is 70.1 Å². The minimum atomic E-state index is -1.87. The average molecular weight is 1840 g/mol. The van der Waals surface area contributed by atoms with Crippen LogP contribution in [0.2, 0.25) is 0 Å². The number of likely N-dealkylation sites (tertiary alicyclic amines) is 2. The second-order valence-corrected chi connectivity index (χ2v) is 31.8. The highest BCUT2D eigenvalue weighted by Crippen LogP contribution is 2.28. The van der Waals surface area contributed by atoms with E-state index < -0.39 is 254 Å². The third-order valence-corrected chi connectivity index (χ3v) is 21.7. The van der Waals surface area contributed by atoms with Crippen molar-refractivity contribution in [1.82, 2.24) is 89.6 Å². The summed E-state index contributed by atoms with van der Waals surface area (Å²) in [7, 11) is 0. The smallest absolute Gasteiger partial charge is 0.246 e. The molecular weight excluding hydrogens is 1700 g/mol. The summed E-state index contributed by atoms with van der Waals surface area (Å²) in [6.45, 7) is 1.63. The number of aromatic hydroxyl groups is 1. The summed E-state index contributed by atoms with van der Waals surface area (Å²) in [6.07, 6.45) is 2.92. The molecule has 714 valence electrons. The van der Waals surface area contributed by atoms with E-state index in [1.165, 1.54) is 34.1 Å². The molecule has 0 saturated carbocycles. The van der Waals surface area contributed by atoms with Crippen molar-refractivity contribution in [2.75, 3.05) is 90.2 Å². The number of hydrogen-bond acceptors (Lipinski definition) is 29. The molecule has 0 spiro atoms. The van der Waals surface area contributed by atoms with Gasteiger partial charge in [-0.3, -0.25) is 91.1 Å². The molecule has 0 aliphatic carbocycles. The number of nitrogens with zero attached hydrogens (tertiary/aromatic N) is 2. The van der Waals surface area contributed by atoms with Crippen LogP contribution in [0.15, 0.2) is 24.3 Å². The van der Waals surface area contributed by atoms with Gasteiger partial charge in [0.15, 0.2) is 0 Å². The minimum Gasteiger partial charge on any atom is -0.508 e. The molecule has 0 aromatic heterocycles. The van der Waals surface area contributed by atoms with Gasteiger partial charge in [-0.05, 0) is 146 Å². The number of carbonyl (C=O) groups excluding carboxylic acids is 19. The van der Waals surface area contributed by atoms with Gasteiger partial charge in [0.05, 0.1) is 45.0 Å². The number of phenolic OH excluding ortho intramolecular Hbond substituents is 1. The summed E-state index contributed by atoms with van der Waals surface area (Å²) in [5, 5.41) is 78.3. The van der Waals surface area contributed by atoms with E-state index in [-0.39, 0.29) is 108 Å². The lowest BCUT2D eigenvalue weighted by Crippen LogP contribution is -2.62. The van der Waals surface area contributed by atoms with Crippen LogP contribution in [-0.2, 0) is 97.5 Å². The maximum atomic E-state index is 14.9. The Morgan fingerprint density at radius 3 is 1.47 bits per heavy atom. The lowest BCUT2D eigenvalue weighted by atomic mass is 9.96. The van der Waals surface area contributed by atoms with Crippen LogP contribution >= 0.6 is 25.3 Å². The number of aliphatic hydroxyl groups is 3. The largest absolute Gasteiger partial charge is 0.508 e. The predicted molar refractivity (Wildman–Crippen MR) is 466 cm³/mol. The van der Waals surface area contributed by atoms with Crippen molar-refractivity contribution in [3.63, 3.8) is 0 Å². The summed E-state index contributed by atoms with van der Waals surface area (Å²) in [6, 6.07) is -13.1. The molecule has 48 heteroatoms. The van der Waals surface area contributed by atoms with Crippen LogP contribution in [-0.4, -0.2) is 317 Å². The van der Waals surface area contributed by atoms with Gasteiger partial charge >= 0.3 is 0 Å². The van der Waals surface area contributed by atoms with Crippen molar-refractivity contribution in [3.05, 3.63) is 29.8 Å². The van der Waals surface area contributed by atoms with Gasteiger partial charge < -0.3 is 144 Å². The number of unbranched alkanes of at least 4 members (excludes halogenated alkanes) is 5. The third-order valence-electron chi connectivity index (χ3n) is 20.9. The summed E-state index contributed by atoms with van der Waals surface area (Å²) < 4.78 is 0. The van der Waals surface area contributed by atoms with Gasteiger partial charge in [-0.25, -0.2) is 0 Å². The number of thiol groups is 2. The Bertz CT molecular complexity index is 3820. The highest BCUT2D eigenvalue weighted by atomic mass is 32.1. The molecule has 1 aromatic rings. The molecule has 2 aliphatic rings. The highest BCUT2D eigenvalue weighted by Gasteiger charge is 2.46. The lowest BCUT2D eigenvalue weighted by Gasteiger charge is -2.35. The van der Waals surface area contributed by atoms with Gasteiger partial charge in [0.25, 0.3) is 0 Å². The van der Waals surface area contributed by atoms with Crippen LogP contribution in [0.4, 0.5) is 0 Å². The van der Waals surface area contributed by atoms with Crippen LogP contribution < -0.4 is 114 Å². The van der Waals surface area contributed by atoms with E-state index in [4.69, 9.17) is 34.4 Å². The summed E-state index contributed by atoms with van der Waals surface area (Å²) >= 11 is 8.42. The van der Waals surface area contributed by atoms with Crippen molar-refractivity contribution in [2.24, 2.45) is 40.3 Å². The van der Waals surface area contributed by atoms with E-state index in [1.54, 1.807) is 13.8 Å². The van der Waals surface area contributed by atoms with Crippen LogP contribution in [0.1, 0.15) is 161 Å². The fourth-order valence-corrected chi connectivity index (χ4v) is 13.9. The number of primary amides is 2. The molecule has 31 N–H and O–H groups in total. The first kappa shape index (κ1) is 111. The van der Waals surface area contributed by atoms with Gasteiger partial charge in [0.1, 0.15) is 78.3 Å². The highest BCUT2D eigenvalue weighted by molar-refractivity contribution is 7.80. The minimum absolute atomic E-state index is 0.00252. The topological polar surface area (TPSA) is 748 Å². The van der Waals surface area contributed by atoms with Crippen LogP contribution in [0.25, 0.3) is 0 Å². The number of benzene rings is 1. The van der Waals surface area contributed by atoms with E-state index in [0.717, 1.165) is 19.8 Å². The van der Waals surface area contributed by atoms with Crippen LogP contribution in [0.5, 0.6) is 5.75 Å². The summed E-state index contributed by atoms with van der Waals surface area (Å²) in [5.74, 6) is -17.8. The quantitative estimate of drug-likeness (QED) is 0.0213. The maximum absolute atomic E-state index is 14.9. The zero-order chi connectivity index (χ0) is 94.8. The van der Waals surface area contributed by atoms with Gasteiger partial charge in [0.2, 0.25) is 112 Å². The standard InChI is InChI=1S/C79H133N23O23S2/c1-4-44(2)65(99-73(119)54(41-104)96-70(116)50(18-9-12-31-82)94-77(123)66(45(3)105)100-75(121)56(43-127)98-72(118)53(40-103)92-64(112)39-89-63(111)38-88-61(109)21-6-5-13-32-86-67(113)48(83)16-7-10-29-80)79(125)102-35-15-20-58(102)78(124)101-34-14-19-57(101)76(122)93-51(26-27-59(84)107)71(117)97-55(42-126)74(120)95-52(36-46-22-24-47(106)25-23-46)69(115)87-33-28-62(110)91-49(17-8-11-30-81)68(114)90-37-60(85)108/h22-25,44-45,48-58,65-66,103-106,126-127H,4-21,26-43,80-83H2,1-3H3,(H2,84,107)(H2,85,108)(H,86,113)(H,87,115)(H,88,109)(H,89,111)(H,90,114)(H,91,110)(H,92,112)(H,93,122)(H,94,123)(H,95,120)(H,96,116)(H,97,117)(H,98,118)(H,99,119)(H,100,121)/t44-,45+,48-,49-,50-,51-,52-,53-,54-,55-,56-,57-,58-,65-,66-/m0/s1. The maximum Gasteiger partial charge on any atom is 0.246 e. The SMILES string of the molecule is CC[C@H](C)[C@H](NC(=O)[C@H](CO)NC(=O)[C@H](CCCCN)NC(=O)[C@@H](NC(=O)[C@H](CS)NC(=O)[C@H](CO)NC(=O)CNC(=O)CNC(=O)CCCCCNC(=O)[C@@H](N)CCCCN)[C@@H](C)O)C(=O)N1CCC[C@H]1C(=O)N1CCC[C@H]1C(=O)N[C@@H](CCC(N)=O)C(=O)N[C@@H](CS)C(=O)N[C@@H](Cc1ccc(O)cc1)C(=O)NCCC(=O)N[C@@H](CCCCN)C(=O)NCC(N)=O. The molecule has 2 aliphatic heterocycles. The molecule has 15 atom stereocenters. The van der Waals surface area contributed by atoms with Gasteiger partial charge in [-0.2, -0.15) is 25.3 Å². The Labute approximate surface area is 747 Å². The average Bonchev–Trinajstić information content (AvgIpc) is 1.66. The summed E-state index contributed by atoms with van der Waals surface area (Å²) in [4.78, 5) is 258. The van der Waals surface area contributed by atoms with Crippen molar-refractivity contribution < 1.29 is 112 Å². The second-order valence-electron chi connectivity index (χ2n) is 31.0. The first-order valence-corrected chi connectivity index (χ1v) is 44.0. The molecule has 46 nitrogen and oxygen atoms in total. The Morgan fingerprint density at radius 1 is 0.433 bits per heavy atom. The molecule has 2 fully saturated rings. The molecular formula is C79H133N23O23S2. The first-order valence-electron chi connectivity index (χ1n) is 42.7. The van der Waals surface area contributed by atoms with Crippen LogP contribution in [0, 0.1) is 5.92 Å². The van der Waals surface area contributed by atoms with Gasteiger partial charge in [-0.1, -0.05) is 45.2 Å². The van der Waals surface area contributed by atoms with E-state index >= 15 is 0 Å². The normalized spacial score (nSPS) is 16.6. The number of hydrogen-bond donors (Lipinski definition) is 27. The Morgan fingerprint density at radius 2 is 0.906 bits per heavy atom. The fraction of sp³-hybridized carbons (Fsp3) is 0.684. The molecule has 1 aromatic carbocycles. The van der Waals surface area contributed by atoms with E-state index in [2.05, 4.69) is 105 Å². The van der Waals surface area contributed by atoms with Gasteiger partial charge in [-0.15, -0.1) is 0 Å². The lowest BCUT2D eigenvalue weighted by molar-refractivity contribution is -0.149. The number of amides is 19. The Balaban J connectivity index is 1.70. The van der Waals surface area contributed by atoms with Crippen LogP contribution in [0.3, 0.4) is 0 Å². The van der Waals surface area contributed by atoms with Crippen molar-refractivity contribution >= 4 is 137 Å². The molecule has 0 radical (unpaired) electrons. The number of rotatable bonds is 62. The fourth-order valence-electron chi connectivity index (χ4n) is 13.4. The van der Waals surface area contributed by atoms with Gasteiger partial charge in [0, 0.05) is 63.4 Å². The number of nitrogens with two attached hydrogens (primary N) is 6. The number of aliphatic hydroxyl groups excluding tert-OH is 3. The summed E-state index contributed by atoms with van der Waals surface area (Å²) in [5.41, 5.74) is 33.8. The zero-order valence-electron chi connectivity index (χ0n) is 72.2. The van der Waals surface area contributed by atoms with Crippen molar-refractivity contribution in [1.29, 1.82) is 0 Å². The van der Waals surface area contributed by atoms with Crippen molar-refractivity contribution in [3.8, 4) is 5.75 Å². The molecule has 0 bridgehead atoms. The van der Waals surface area contributed by atoms with E-state index in [9.17, 15) is 112 Å². The Hall–Kier alpha value is -10.6. The monoisotopic (exact) mass is 1840 g/mol. The first-order chi connectivity index (χ1) is 60.4. The number of phenols is 1. The molecule has 2 saturated heterocycles. The van der Waals surface area contributed by atoms with Crippen molar-refractivity contribution in [2.45, 2.75) is 247 Å². The molecule has 3 rings (SSSR count). The number of carbonyl (C=O) groups is 19. The molecule has 19 amide bonds. The van der Waals surface area contributed by atoms with E-state index in [1.807, 2.05) is 0 Å². The molecule has 2 heterocycles.